The fraction of sp³-hybridized carbons (Fsp3) is 0.158. The molecule has 0 spiro atoms. The van der Waals surface area contributed by atoms with Crippen molar-refractivity contribution in [2.75, 3.05) is 11.9 Å². The van der Waals surface area contributed by atoms with E-state index in [0.29, 0.717) is 16.8 Å². The Labute approximate surface area is 134 Å². The van der Waals surface area contributed by atoms with Crippen LogP contribution >= 0.6 is 0 Å². The molecule has 0 unspecified atom stereocenters. The highest BCUT2D eigenvalue weighted by Gasteiger charge is 2.47. The first kappa shape index (κ1) is 15.2. The minimum absolute atomic E-state index is 0.0613. The summed E-state index contributed by atoms with van der Waals surface area (Å²) in [7, 11) is 1.64. The van der Waals surface area contributed by atoms with Crippen LogP contribution in [0.5, 0.6) is 0 Å². The zero-order valence-electron chi connectivity index (χ0n) is 12.8. The molecule has 3 rings (SSSR count). The van der Waals surface area contributed by atoms with Crippen LogP contribution in [0.1, 0.15) is 22.3 Å². The second kappa shape index (κ2) is 5.82. The first-order valence-corrected chi connectivity index (χ1v) is 7.40. The Morgan fingerprint density at radius 3 is 2.52 bits per heavy atom. The number of fused-ring (bicyclic) bond motifs is 1. The summed E-state index contributed by atoms with van der Waals surface area (Å²) in [6.07, 6.45) is 3.02. The van der Waals surface area contributed by atoms with Crippen LogP contribution in [-0.2, 0) is 10.4 Å². The van der Waals surface area contributed by atoms with Gasteiger partial charge in [-0.15, -0.1) is 0 Å². The van der Waals surface area contributed by atoms with Gasteiger partial charge in [-0.3, -0.25) is 9.59 Å². The van der Waals surface area contributed by atoms with Crippen LogP contribution in [0, 0.1) is 0 Å². The number of ketones is 1. The third-order valence-electron chi connectivity index (χ3n) is 4.11. The summed E-state index contributed by atoms with van der Waals surface area (Å²) in [6.45, 7) is 0. The van der Waals surface area contributed by atoms with Gasteiger partial charge in [0, 0.05) is 24.6 Å². The number of aliphatic hydroxyl groups is 1. The third-order valence-corrected chi connectivity index (χ3v) is 4.11. The smallest absolute Gasteiger partial charge is 0.263 e. The zero-order valence-corrected chi connectivity index (χ0v) is 12.8. The minimum Gasteiger partial charge on any atom is -0.375 e. The second-order valence-corrected chi connectivity index (χ2v) is 5.58. The SMILES string of the molecule is CN1C(=O)[C@@](O)(C/C=C/C(=O)c2ccccc2)c2ccccc21. The van der Waals surface area contributed by atoms with Crippen molar-refractivity contribution in [3.05, 3.63) is 77.9 Å². The molecule has 4 nitrogen and oxygen atoms in total. The van der Waals surface area contributed by atoms with Crippen LogP contribution in [0.2, 0.25) is 0 Å². The Bertz CT molecular complexity index is 782. The van der Waals surface area contributed by atoms with Crippen molar-refractivity contribution < 1.29 is 14.7 Å². The maximum absolute atomic E-state index is 12.4. The summed E-state index contributed by atoms with van der Waals surface area (Å²) < 4.78 is 0. The number of benzene rings is 2. The Hall–Kier alpha value is -2.72. The highest BCUT2D eigenvalue weighted by molar-refractivity contribution is 6.07. The van der Waals surface area contributed by atoms with Crippen molar-refractivity contribution in [1.82, 2.24) is 0 Å². The molecular weight excluding hydrogens is 290 g/mol. The van der Waals surface area contributed by atoms with Crippen LogP contribution < -0.4 is 4.90 Å². The predicted octanol–water partition coefficient (Wildman–Crippen LogP) is 2.68. The number of likely N-dealkylation sites (N-methyl/N-ethyl adjacent to an activating group) is 1. The number of nitrogens with zero attached hydrogens (tertiary/aromatic N) is 1. The van der Waals surface area contributed by atoms with E-state index in [1.54, 1.807) is 55.6 Å². The van der Waals surface area contributed by atoms with Crippen LogP contribution in [0.4, 0.5) is 5.69 Å². The Morgan fingerprint density at radius 1 is 1.13 bits per heavy atom. The Balaban J connectivity index is 1.81. The molecule has 1 atom stereocenters. The number of anilines is 1. The van der Waals surface area contributed by atoms with Gasteiger partial charge >= 0.3 is 0 Å². The molecule has 1 N–H and O–H groups in total. The molecule has 0 radical (unpaired) electrons. The zero-order chi connectivity index (χ0) is 16.4. The number of para-hydroxylation sites is 1. The molecule has 4 heteroatoms. The maximum Gasteiger partial charge on any atom is 0.263 e. The van der Waals surface area contributed by atoms with E-state index >= 15 is 0 Å². The minimum atomic E-state index is -1.61. The second-order valence-electron chi connectivity index (χ2n) is 5.58. The summed E-state index contributed by atoms with van der Waals surface area (Å²) >= 11 is 0. The molecule has 1 aliphatic rings. The fourth-order valence-electron chi connectivity index (χ4n) is 2.85. The van der Waals surface area contributed by atoms with Gasteiger partial charge in [-0.25, -0.2) is 0 Å². The number of rotatable bonds is 4. The quantitative estimate of drug-likeness (QED) is 0.698. The van der Waals surface area contributed by atoms with Crippen LogP contribution in [-0.4, -0.2) is 23.8 Å². The van der Waals surface area contributed by atoms with Crippen LogP contribution in [0.15, 0.2) is 66.7 Å². The van der Waals surface area contributed by atoms with E-state index < -0.39 is 5.60 Å². The van der Waals surface area contributed by atoms with Crippen molar-refractivity contribution in [3.63, 3.8) is 0 Å². The molecule has 1 aliphatic heterocycles. The lowest BCUT2D eigenvalue weighted by atomic mass is 9.91. The summed E-state index contributed by atoms with van der Waals surface area (Å²) in [5.41, 5.74) is 0.233. The lowest BCUT2D eigenvalue weighted by Crippen LogP contribution is -2.38. The van der Waals surface area contributed by atoms with Gasteiger partial charge in [-0.2, -0.15) is 0 Å². The Morgan fingerprint density at radius 2 is 1.78 bits per heavy atom. The van der Waals surface area contributed by atoms with Crippen molar-refractivity contribution in [1.29, 1.82) is 0 Å². The van der Waals surface area contributed by atoms with Crippen LogP contribution in [0.25, 0.3) is 0 Å². The molecule has 23 heavy (non-hydrogen) atoms. The molecule has 0 saturated carbocycles. The van der Waals surface area contributed by atoms with Gasteiger partial charge in [0.25, 0.3) is 5.91 Å². The fourth-order valence-corrected chi connectivity index (χ4v) is 2.85. The number of carbonyl (C=O) groups is 2. The van der Waals surface area contributed by atoms with E-state index in [1.807, 2.05) is 12.1 Å². The van der Waals surface area contributed by atoms with Crippen molar-refractivity contribution in [2.24, 2.45) is 0 Å². The van der Waals surface area contributed by atoms with E-state index in [2.05, 4.69) is 0 Å². The highest BCUT2D eigenvalue weighted by Crippen LogP contribution is 2.41. The lowest BCUT2D eigenvalue weighted by molar-refractivity contribution is -0.135. The highest BCUT2D eigenvalue weighted by atomic mass is 16.3. The van der Waals surface area contributed by atoms with E-state index in [0.717, 1.165) is 0 Å². The van der Waals surface area contributed by atoms with Gasteiger partial charge in [-0.1, -0.05) is 54.6 Å². The lowest BCUT2D eigenvalue weighted by Gasteiger charge is -2.19. The monoisotopic (exact) mass is 307 g/mol. The molecule has 0 aliphatic carbocycles. The summed E-state index contributed by atoms with van der Waals surface area (Å²) in [4.78, 5) is 25.9. The number of hydrogen-bond donors (Lipinski definition) is 1. The molecule has 2 aromatic carbocycles. The normalized spacial score (nSPS) is 20.1. The molecule has 1 amide bonds. The van der Waals surface area contributed by atoms with Crippen molar-refractivity contribution in [2.45, 2.75) is 12.0 Å². The first-order chi connectivity index (χ1) is 11.0. The molecule has 1 heterocycles. The van der Waals surface area contributed by atoms with Gasteiger partial charge in [-0.05, 0) is 12.1 Å². The Kier molecular flexibility index (Phi) is 3.84. The molecule has 116 valence electrons. The molecule has 0 fully saturated rings. The van der Waals surface area contributed by atoms with Gasteiger partial charge in [0.05, 0.1) is 5.69 Å². The number of allylic oxidation sites excluding steroid dienone is 1. The molecule has 0 saturated heterocycles. The summed E-state index contributed by atoms with van der Waals surface area (Å²) in [5.74, 6) is -0.531. The summed E-state index contributed by atoms with van der Waals surface area (Å²) in [5, 5.41) is 10.8. The van der Waals surface area contributed by atoms with Crippen LogP contribution in [0.3, 0.4) is 0 Å². The van der Waals surface area contributed by atoms with Crippen molar-refractivity contribution in [3.8, 4) is 0 Å². The number of amides is 1. The molecule has 0 bridgehead atoms. The largest absolute Gasteiger partial charge is 0.375 e. The van der Waals surface area contributed by atoms with E-state index in [1.165, 1.54) is 11.0 Å². The van der Waals surface area contributed by atoms with Gasteiger partial charge in [0.2, 0.25) is 0 Å². The standard InChI is InChI=1S/C19H17NO3/c1-20-16-11-6-5-10-15(16)19(23,18(20)22)13-7-12-17(21)14-8-3-2-4-9-14/h2-12,23H,13H2,1H3/b12-7+/t19-/m1/s1. The molecular formula is C19H17NO3. The van der Waals surface area contributed by atoms with E-state index in [4.69, 9.17) is 0 Å². The third kappa shape index (κ3) is 2.58. The predicted molar refractivity (Wildman–Crippen MR) is 88.3 cm³/mol. The average Bonchev–Trinajstić information content (AvgIpc) is 2.78. The average molecular weight is 307 g/mol. The topological polar surface area (TPSA) is 57.6 Å². The summed E-state index contributed by atoms with van der Waals surface area (Å²) in [6, 6.07) is 16.0. The van der Waals surface area contributed by atoms with E-state index in [-0.39, 0.29) is 18.1 Å². The van der Waals surface area contributed by atoms with Gasteiger partial charge < -0.3 is 10.0 Å². The van der Waals surface area contributed by atoms with E-state index in [9.17, 15) is 14.7 Å². The van der Waals surface area contributed by atoms with Gasteiger partial charge in [0.15, 0.2) is 11.4 Å². The molecule has 0 aromatic heterocycles. The molecule has 2 aromatic rings. The first-order valence-electron chi connectivity index (χ1n) is 7.40. The number of hydrogen-bond acceptors (Lipinski definition) is 3. The maximum atomic E-state index is 12.4. The number of carbonyl (C=O) groups excluding carboxylic acids is 2. The van der Waals surface area contributed by atoms with Crippen molar-refractivity contribution >= 4 is 17.4 Å². The van der Waals surface area contributed by atoms with Gasteiger partial charge in [0.1, 0.15) is 0 Å².